The van der Waals surface area contributed by atoms with Crippen LogP contribution in [0.15, 0.2) is 48.8 Å². The van der Waals surface area contributed by atoms with Gasteiger partial charge in [0.05, 0.1) is 18.1 Å². The first-order valence-corrected chi connectivity index (χ1v) is 9.46. The van der Waals surface area contributed by atoms with Crippen molar-refractivity contribution in [2.45, 2.75) is 13.0 Å². The minimum Gasteiger partial charge on any atom is -0.490 e. The fourth-order valence-electron chi connectivity index (χ4n) is 3.27. The molecular formula is C21H20N4O5. The first kappa shape index (κ1) is 19.4. The first-order valence-electron chi connectivity index (χ1n) is 9.46. The second kappa shape index (κ2) is 8.24. The predicted octanol–water partition coefficient (Wildman–Crippen LogP) is 3.33. The molecule has 154 valence electrons. The van der Waals surface area contributed by atoms with Gasteiger partial charge in [0.25, 0.3) is 5.69 Å². The molecule has 3 aromatic rings. The minimum absolute atomic E-state index is 0.186. The van der Waals surface area contributed by atoms with Gasteiger partial charge in [0.2, 0.25) is 5.78 Å². The molecule has 1 N–H and O–H groups in total. The van der Waals surface area contributed by atoms with Crippen LogP contribution in [0.4, 0.5) is 11.4 Å². The van der Waals surface area contributed by atoms with E-state index in [0.29, 0.717) is 36.9 Å². The van der Waals surface area contributed by atoms with E-state index >= 15 is 0 Å². The maximum Gasteiger partial charge on any atom is 0.293 e. The average molecular weight is 408 g/mol. The SMILES string of the molecule is Cn1ccnc1C(=O)c1ccc(NCc2cccc3c2OCCCO3)c([N+](=O)[O-])c1. The van der Waals surface area contributed by atoms with Crippen molar-refractivity contribution in [3.05, 3.63) is 75.9 Å². The molecule has 0 unspecified atom stereocenters. The zero-order valence-electron chi connectivity index (χ0n) is 16.3. The van der Waals surface area contributed by atoms with Gasteiger partial charge in [-0.25, -0.2) is 4.98 Å². The van der Waals surface area contributed by atoms with Crippen molar-refractivity contribution in [2.24, 2.45) is 7.05 Å². The van der Waals surface area contributed by atoms with Gasteiger partial charge in [-0.3, -0.25) is 14.9 Å². The summed E-state index contributed by atoms with van der Waals surface area (Å²) >= 11 is 0. The molecular weight excluding hydrogens is 388 g/mol. The molecule has 0 fully saturated rings. The number of para-hydroxylation sites is 1. The van der Waals surface area contributed by atoms with Gasteiger partial charge in [0, 0.05) is 49.6 Å². The third-order valence-electron chi connectivity index (χ3n) is 4.80. The molecule has 9 nitrogen and oxygen atoms in total. The Labute approximate surface area is 172 Å². The van der Waals surface area contributed by atoms with E-state index in [-0.39, 0.29) is 22.9 Å². The molecule has 4 rings (SSSR count). The molecule has 2 aromatic carbocycles. The maximum absolute atomic E-state index is 12.6. The summed E-state index contributed by atoms with van der Waals surface area (Å²) in [5.74, 6) is 1.15. The number of fused-ring (bicyclic) bond motifs is 1. The molecule has 0 saturated carbocycles. The number of hydrogen-bond donors (Lipinski definition) is 1. The Bertz CT molecular complexity index is 1110. The van der Waals surface area contributed by atoms with Crippen LogP contribution in [0.3, 0.4) is 0 Å². The van der Waals surface area contributed by atoms with Crippen molar-refractivity contribution in [2.75, 3.05) is 18.5 Å². The van der Waals surface area contributed by atoms with Crippen LogP contribution in [0.2, 0.25) is 0 Å². The van der Waals surface area contributed by atoms with E-state index in [1.165, 1.54) is 18.3 Å². The van der Waals surface area contributed by atoms with Gasteiger partial charge in [-0.1, -0.05) is 12.1 Å². The second-order valence-corrected chi connectivity index (χ2v) is 6.83. The molecule has 2 heterocycles. The number of nitrogens with zero attached hydrogens (tertiary/aromatic N) is 3. The van der Waals surface area contributed by atoms with Crippen molar-refractivity contribution >= 4 is 17.2 Å². The molecule has 0 saturated heterocycles. The molecule has 1 aliphatic heterocycles. The molecule has 9 heteroatoms. The standard InChI is InChI=1S/C21H20N4O5/c1-24-9-8-22-21(24)19(26)14-6-7-16(17(12-14)25(27)28)23-13-15-4-2-5-18-20(15)30-11-3-10-29-18/h2,4-9,12,23H,3,10-11,13H2,1H3. The summed E-state index contributed by atoms with van der Waals surface area (Å²) in [6.45, 7) is 1.44. The lowest BCUT2D eigenvalue weighted by Crippen LogP contribution is -2.10. The van der Waals surface area contributed by atoms with Crippen molar-refractivity contribution in [1.82, 2.24) is 9.55 Å². The lowest BCUT2D eigenvalue weighted by molar-refractivity contribution is -0.384. The summed E-state index contributed by atoms with van der Waals surface area (Å²) < 4.78 is 13.1. The number of anilines is 1. The second-order valence-electron chi connectivity index (χ2n) is 6.83. The van der Waals surface area contributed by atoms with Gasteiger partial charge in [-0.2, -0.15) is 0 Å². The van der Waals surface area contributed by atoms with E-state index in [1.54, 1.807) is 23.9 Å². The number of aromatic nitrogens is 2. The van der Waals surface area contributed by atoms with Crippen LogP contribution < -0.4 is 14.8 Å². The highest BCUT2D eigenvalue weighted by atomic mass is 16.6. The highest BCUT2D eigenvalue weighted by molar-refractivity contribution is 6.07. The number of nitro groups is 1. The zero-order valence-corrected chi connectivity index (χ0v) is 16.3. The molecule has 1 aliphatic rings. The summed E-state index contributed by atoms with van der Waals surface area (Å²) in [7, 11) is 1.69. The number of rotatable bonds is 6. The molecule has 1 aromatic heterocycles. The monoisotopic (exact) mass is 408 g/mol. The largest absolute Gasteiger partial charge is 0.490 e. The van der Waals surface area contributed by atoms with Crippen molar-refractivity contribution < 1.29 is 19.2 Å². The molecule has 0 atom stereocenters. The highest BCUT2D eigenvalue weighted by Gasteiger charge is 2.21. The van der Waals surface area contributed by atoms with Gasteiger partial charge >= 0.3 is 0 Å². The fraction of sp³-hybridized carbons (Fsp3) is 0.238. The number of carbonyl (C=O) groups excluding carboxylic acids is 1. The number of imidazole rings is 1. The van der Waals surface area contributed by atoms with Gasteiger partial charge in [0.15, 0.2) is 17.3 Å². The van der Waals surface area contributed by atoms with E-state index in [2.05, 4.69) is 10.3 Å². The molecule has 0 amide bonds. The van der Waals surface area contributed by atoms with Gasteiger partial charge < -0.3 is 19.4 Å². The van der Waals surface area contributed by atoms with Crippen molar-refractivity contribution in [3.63, 3.8) is 0 Å². The Morgan fingerprint density at radius 1 is 1.27 bits per heavy atom. The minimum atomic E-state index is -0.511. The molecule has 0 spiro atoms. The third-order valence-corrected chi connectivity index (χ3v) is 4.80. The predicted molar refractivity (Wildman–Crippen MR) is 109 cm³/mol. The van der Waals surface area contributed by atoms with Crippen LogP contribution in [0.25, 0.3) is 0 Å². The topological polar surface area (TPSA) is 109 Å². The number of ketones is 1. The van der Waals surface area contributed by atoms with Crippen LogP contribution in [-0.4, -0.2) is 33.5 Å². The average Bonchev–Trinajstić information content (AvgIpc) is 3.03. The highest BCUT2D eigenvalue weighted by Crippen LogP contribution is 2.34. The first-order chi connectivity index (χ1) is 14.5. The molecule has 0 aliphatic carbocycles. The van der Waals surface area contributed by atoms with E-state index in [4.69, 9.17) is 9.47 Å². The lowest BCUT2D eigenvalue weighted by atomic mass is 10.1. The Hall–Kier alpha value is -3.88. The number of carbonyl (C=O) groups is 1. The summed E-state index contributed by atoms with van der Waals surface area (Å²) in [6.07, 6.45) is 3.94. The van der Waals surface area contributed by atoms with Crippen LogP contribution in [0.5, 0.6) is 11.5 Å². The zero-order chi connectivity index (χ0) is 21.1. The number of hydrogen-bond acceptors (Lipinski definition) is 7. The number of nitrogens with one attached hydrogen (secondary N) is 1. The van der Waals surface area contributed by atoms with Crippen molar-refractivity contribution in [1.29, 1.82) is 0 Å². The van der Waals surface area contributed by atoms with E-state index in [1.807, 2.05) is 18.2 Å². The van der Waals surface area contributed by atoms with E-state index in [0.717, 1.165) is 12.0 Å². The Kier molecular flexibility index (Phi) is 5.34. The normalized spacial score (nSPS) is 12.8. The van der Waals surface area contributed by atoms with Crippen LogP contribution in [0.1, 0.15) is 28.2 Å². The van der Waals surface area contributed by atoms with Gasteiger partial charge in [-0.15, -0.1) is 0 Å². The molecule has 0 bridgehead atoms. The number of aryl methyl sites for hydroxylation is 1. The van der Waals surface area contributed by atoms with E-state index < -0.39 is 4.92 Å². The maximum atomic E-state index is 12.6. The summed E-state index contributed by atoms with van der Waals surface area (Å²) in [6, 6.07) is 9.93. The summed E-state index contributed by atoms with van der Waals surface area (Å²) in [5.41, 5.74) is 1.15. The molecule has 30 heavy (non-hydrogen) atoms. The summed E-state index contributed by atoms with van der Waals surface area (Å²) in [4.78, 5) is 27.8. The van der Waals surface area contributed by atoms with Crippen LogP contribution in [-0.2, 0) is 13.6 Å². The smallest absolute Gasteiger partial charge is 0.293 e. The van der Waals surface area contributed by atoms with Crippen LogP contribution >= 0.6 is 0 Å². The quantitative estimate of drug-likeness (QED) is 0.378. The van der Waals surface area contributed by atoms with Gasteiger partial charge in [-0.05, 0) is 18.2 Å². The third kappa shape index (κ3) is 3.82. The summed E-state index contributed by atoms with van der Waals surface area (Å²) in [5, 5.41) is 14.7. The van der Waals surface area contributed by atoms with E-state index in [9.17, 15) is 14.9 Å². The lowest BCUT2D eigenvalue weighted by Gasteiger charge is -2.14. The Morgan fingerprint density at radius 2 is 2.10 bits per heavy atom. The van der Waals surface area contributed by atoms with Gasteiger partial charge in [0.1, 0.15) is 5.69 Å². The number of nitro benzene ring substituents is 1. The van der Waals surface area contributed by atoms with Crippen molar-refractivity contribution in [3.8, 4) is 11.5 Å². The van der Waals surface area contributed by atoms with Crippen LogP contribution in [0, 0.1) is 10.1 Å². The Balaban J connectivity index is 1.59. The molecule has 0 radical (unpaired) electrons. The number of ether oxygens (including phenoxy) is 2. The number of benzene rings is 2. The fourth-order valence-corrected chi connectivity index (χ4v) is 3.27. The Morgan fingerprint density at radius 3 is 2.87 bits per heavy atom.